The van der Waals surface area contributed by atoms with Gasteiger partial charge in [0.2, 0.25) is 0 Å². The predicted octanol–water partition coefficient (Wildman–Crippen LogP) is 2.67. The molecule has 1 saturated carbocycles. The molecule has 2 unspecified atom stereocenters. The highest BCUT2D eigenvalue weighted by Crippen LogP contribution is 2.38. The molecular weight excluding hydrogens is 220 g/mol. The van der Waals surface area contributed by atoms with Gasteiger partial charge >= 0.3 is 0 Å². The van der Waals surface area contributed by atoms with E-state index in [1.807, 2.05) is 6.07 Å². The lowest BCUT2D eigenvalue weighted by molar-refractivity contribution is 0.180. The number of furan rings is 1. The minimum atomic E-state index is -0.132. The van der Waals surface area contributed by atoms with Gasteiger partial charge in [0.25, 0.3) is 0 Å². The summed E-state index contributed by atoms with van der Waals surface area (Å²) in [5.41, 5.74) is 0. The third-order valence-electron chi connectivity index (χ3n) is 2.42. The van der Waals surface area contributed by atoms with Crippen LogP contribution in [0.25, 0.3) is 0 Å². The zero-order chi connectivity index (χ0) is 8.55. The Morgan fingerprint density at radius 1 is 1.50 bits per heavy atom. The molecule has 0 aliphatic heterocycles. The van der Waals surface area contributed by atoms with Crippen molar-refractivity contribution in [3.8, 4) is 0 Å². The Morgan fingerprint density at radius 3 is 2.83 bits per heavy atom. The lowest BCUT2D eigenvalue weighted by Crippen LogP contribution is -1.98. The quantitative estimate of drug-likeness (QED) is 0.805. The second kappa shape index (κ2) is 3.23. The van der Waals surface area contributed by atoms with E-state index < -0.39 is 0 Å². The molecule has 0 amide bonds. The zero-order valence-electron chi connectivity index (χ0n) is 6.66. The Balaban J connectivity index is 2.16. The van der Waals surface area contributed by atoms with Crippen molar-refractivity contribution in [1.29, 1.82) is 0 Å². The van der Waals surface area contributed by atoms with E-state index in [2.05, 4.69) is 15.9 Å². The molecule has 0 spiro atoms. The van der Waals surface area contributed by atoms with Gasteiger partial charge < -0.3 is 9.52 Å². The second-order valence-corrected chi connectivity index (χ2v) is 4.15. The maximum Gasteiger partial charge on any atom is 0.121 e. The van der Waals surface area contributed by atoms with Crippen LogP contribution in [-0.2, 0) is 0 Å². The number of aliphatic hydroxyl groups is 1. The third kappa shape index (κ3) is 1.43. The predicted molar refractivity (Wildman–Crippen MR) is 49.0 cm³/mol. The molecule has 1 N–H and O–H groups in total. The van der Waals surface area contributed by atoms with Crippen LogP contribution in [0.4, 0.5) is 0 Å². The lowest BCUT2D eigenvalue weighted by atomic mass is 10.1. The Hall–Kier alpha value is -0.280. The summed E-state index contributed by atoms with van der Waals surface area (Å²) in [7, 11) is 0. The Kier molecular flexibility index (Phi) is 2.24. The molecule has 1 aromatic rings. The molecular formula is C9H11BrO2. The average Bonchev–Trinajstić information content (AvgIpc) is 2.58. The first-order valence-electron chi connectivity index (χ1n) is 4.18. The number of hydrogen-bond donors (Lipinski definition) is 1. The number of aliphatic hydroxyl groups excluding tert-OH is 1. The normalized spacial score (nSPS) is 29.5. The van der Waals surface area contributed by atoms with Crippen LogP contribution in [0.5, 0.6) is 0 Å². The van der Waals surface area contributed by atoms with Gasteiger partial charge in [-0.1, -0.05) is 0 Å². The summed E-state index contributed by atoms with van der Waals surface area (Å²) in [6.07, 6.45) is 4.33. The van der Waals surface area contributed by atoms with Crippen LogP contribution in [0.2, 0.25) is 0 Å². The summed E-state index contributed by atoms with van der Waals surface area (Å²) in [4.78, 5) is 0. The van der Waals surface area contributed by atoms with Crippen molar-refractivity contribution in [2.75, 3.05) is 0 Å². The van der Waals surface area contributed by atoms with Crippen molar-refractivity contribution in [1.82, 2.24) is 0 Å². The Bertz CT molecular complexity index is 269. The van der Waals surface area contributed by atoms with Gasteiger partial charge in [-0.25, -0.2) is 0 Å². The van der Waals surface area contributed by atoms with Crippen LogP contribution < -0.4 is 0 Å². The molecule has 1 aliphatic rings. The van der Waals surface area contributed by atoms with E-state index in [0.717, 1.165) is 29.5 Å². The summed E-state index contributed by atoms with van der Waals surface area (Å²) in [5.74, 6) is 1.40. The largest absolute Gasteiger partial charge is 0.468 e. The lowest BCUT2D eigenvalue weighted by Gasteiger charge is -2.05. The molecule has 66 valence electrons. The van der Waals surface area contributed by atoms with E-state index >= 15 is 0 Å². The summed E-state index contributed by atoms with van der Waals surface area (Å²) >= 11 is 3.42. The van der Waals surface area contributed by atoms with E-state index in [1.54, 1.807) is 6.26 Å². The first-order valence-corrected chi connectivity index (χ1v) is 4.97. The fourth-order valence-electron chi connectivity index (χ4n) is 1.79. The Labute approximate surface area is 79.7 Å². The van der Waals surface area contributed by atoms with E-state index in [4.69, 9.17) is 4.42 Å². The minimum Gasteiger partial charge on any atom is -0.468 e. The zero-order valence-corrected chi connectivity index (χ0v) is 8.25. The fourth-order valence-corrected chi connectivity index (χ4v) is 2.32. The van der Waals surface area contributed by atoms with Crippen molar-refractivity contribution in [3.05, 3.63) is 22.6 Å². The van der Waals surface area contributed by atoms with Crippen molar-refractivity contribution in [2.24, 2.45) is 0 Å². The van der Waals surface area contributed by atoms with Gasteiger partial charge in [-0.05, 0) is 41.3 Å². The molecule has 1 heterocycles. The first kappa shape index (κ1) is 8.32. The van der Waals surface area contributed by atoms with Crippen LogP contribution in [0, 0.1) is 0 Å². The van der Waals surface area contributed by atoms with Crippen molar-refractivity contribution in [2.45, 2.75) is 31.3 Å². The van der Waals surface area contributed by atoms with Gasteiger partial charge in [-0.3, -0.25) is 0 Å². The van der Waals surface area contributed by atoms with Crippen LogP contribution in [-0.4, -0.2) is 11.2 Å². The monoisotopic (exact) mass is 230 g/mol. The number of hydrogen-bond acceptors (Lipinski definition) is 2. The molecule has 2 atom stereocenters. The van der Waals surface area contributed by atoms with Crippen LogP contribution in [0.3, 0.4) is 0 Å². The molecule has 2 rings (SSSR count). The van der Waals surface area contributed by atoms with E-state index in [-0.39, 0.29) is 6.10 Å². The van der Waals surface area contributed by atoms with Gasteiger partial charge in [0.15, 0.2) is 0 Å². The van der Waals surface area contributed by atoms with Gasteiger partial charge in [-0.15, -0.1) is 0 Å². The average molecular weight is 231 g/mol. The Morgan fingerprint density at radius 2 is 2.33 bits per heavy atom. The molecule has 0 aromatic carbocycles. The molecule has 0 saturated heterocycles. The third-order valence-corrected chi connectivity index (χ3v) is 3.08. The first-order chi connectivity index (χ1) is 5.77. The topological polar surface area (TPSA) is 33.4 Å². The summed E-state index contributed by atoms with van der Waals surface area (Å²) in [5, 5.41) is 9.33. The SMILES string of the molecule is OC1CCC(c2occc2Br)C1. The maximum absolute atomic E-state index is 9.33. The van der Waals surface area contributed by atoms with E-state index in [1.165, 1.54) is 0 Å². The van der Waals surface area contributed by atoms with Gasteiger partial charge in [0.05, 0.1) is 16.8 Å². The molecule has 1 fully saturated rings. The molecule has 1 aliphatic carbocycles. The summed E-state index contributed by atoms with van der Waals surface area (Å²) in [6.45, 7) is 0. The van der Waals surface area contributed by atoms with E-state index in [0.29, 0.717) is 5.92 Å². The van der Waals surface area contributed by atoms with Gasteiger partial charge in [-0.2, -0.15) is 0 Å². The van der Waals surface area contributed by atoms with E-state index in [9.17, 15) is 5.11 Å². The number of halogens is 1. The maximum atomic E-state index is 9.33. The summed E-state index contributed by atoms with van der Waals surface area (Å²) < 4.78 is 6.37. The number of rotatable bonds is 1. The minimum absolute atomic E-state index is 0.132. The molecule has 0 radical (unpaired) electrons. The molecule has 3 heteroatoms. The molecule has 0 bridgehead atoms. The van der Waals surface area contributed by atoms with Crippen LogP contribution in [0.15, 0.2) is 21.2 Å². The summed E-state index contributed by atoms with van der Waals surface area (Å²) in [6, 6.07) is 1.90. The van der Waals surface area contributed by atoms with Crippen molar-refractivity contribution < 1.29 is 9.52 Å². The molecule has 12 heavy (non-hydrogen) atoms. The van der Waals surface area contributed by atoms with Gasteiger partial charge in [0.1, 0.15) is 5.76 Å². The standard InChI is InChI=1S/C9H11BrO2/c10-8-3-4-12-9(8)6-1-2-7(11)5-6/h3-4,6-7,11H,1-2,5H2. The second-order valence-electron chi connectivity index (χ2n) is 3.30. The van der Waals surface area contributed by atoms with Crippen molar-refractivity contribution >= 4 is 15.9 Å². The molecule has 1 aromatic heterocycles. The highest BCUT2D eigenvalue weighted by molar-refractivity contribution is 9.10. The smallest absolute Gasteiger partial charge is 0.121 e. The highest BCUT2D eigenvalue weighted by Gasteiger charge is 2.27. The molecule has 2 nitrogen and oxygen atoms in total. The van der Waals surface area contributed by atoms with Crippen LogP contribution >= 0.6 is 15.9 Å². The van der Waals surface area contributed by atoms with Gasteiger partial charge in [0, 0.05) is 5.92 Å². The van der Waals surface area contributed by atoms with Crippen LogP contribution in [0.1, 0.15) is 30.9 Å². The van der Waals surface area contributed by atoms with Crippen molar-refractivity contribution in [3.63, 3.8) is 0 Å². The highest BCUT2D eigenvalue weighted by atomic mass is 79.9. The fraction of sp³-hybridized carbons (Fsp3) is 0.556.